The van der Waals surface area contributed by atoms with Crippen molar-refractivity contribution >= 4 is 71.1 Å². The van der Waals surface area contributed by atoms with E-state index in [-0.39, 0.29) is 38.1 Å². The van der Waals surface area contributed by atoms with Gasteiger partial charge in [0.05, 0.1) is 12.5 Å². The van der Waals surface area contributed by atoms with E-state index in [0.29, 0.717) is 6.42 Å². The van der Waals surface area contributed by atoms with Gasteiger partial charge in [0.15, 0.2) is 0 Å². The second-order valence-corrected chi connectivity index (χ2v) is 14.7. The summed E-state index contributed by atoms with van der Waals surface area (Å²) < 4.78 is 0. The van der Waals surface area contributed by atoms with E-state index in [0.717, 1.165) is 0 Å². The molecular weight excluding hydrogens is 828 g/mol. The first kappa shape index (κ1) is 55.6. The summed E-state index contributed by atoms with van der Waals surface area (Å²) in [5.41, 5.74) is 21.9. The molecule has 0 radical (unpaired) electrons. The lowest BCUT2D eigenvalue weighted by atomic mass is 10.0. The standard InChI is InChI=1S/C36H60N10O16/c1-17(2)15-24(36(61)62)46-34(59)22(9-13-29(53)54)43-32(57)20(7-10-25(39)47)42-33(58)21(8-12-28(51)52)44-35(60)23(16-26(40)48)45-31(56)19(5-3-4-14-37)41-30(55)18(38)6-11-27(49)50/h17-24H,3-16,37-38H2,1-2H3,(H2,39,47)(H2,40,48)(H,41,55)(H,42,58)(H,43,57)(H,44,60)(H,45,56)(H,46,59)(H,49,50)(H,51,52)(H,53,54)(H,61,62)/t18-,19-,20-,21-,22-,23-,24-/m0/s1. The molecule has 0 fully saturated rings. The van der Waals surface area contributed by atoms with E-state index in [9.17, 15) is 72.9 Å². The highest BCUT2D eigenvalue weighted by Crippen LogP contribution is 2.10. The predicted octanol–water partition coefficient (Wildman–Crippen LogP) is -4.78. The SMILES string of the molecule is CC(C)C[C@H](NC(=O)[C@H](CCC(=O)O)NC(=O)[C@H](CCC(N)=O)NC(=O)[C@H](CCC(=O)O)NC(=O)[C@H](CC(N)=O)NC(=O)[C@H](CCCCN)NC(=O)[C@@H](N)CCC(=O)O)C(=O)O. The van der Waals surface area contributed by atoms with Gasteiger partial charge < -0.3 is 75.3 Å². The van der Waals surface area contributed by atoms with Crippen molar-refractivity contribution in [2.75, 3.05) is 6.54 Å². The van der Waals surface area contributed by atoms with Crippen LogP contribution in [0.1, 0.15) is 97.3 Å². The van der Waals surface area contributed by atoms with Crippen LogP contribution in [0, 0.1) is 5.92 Å². The van der Waals surface area contributed by atoms with E-state index in [1.165, 1.54) is 0 Å². The highest BCUT2D eigenvalue weighted by Gasteiger charge is 2.35. The number of nitrogens with one attached hydrogen (secondary N) is 6. The molecule has 0 rings (SSSR count). The molecule has 0 aromatic rings. The minimum absolute atomic E-state index is 0.0395. The molecule has 62 heavy (non-hydrogen) atoms. The molecule has 0 aliphatic carbocycles. The van der Waals surface area contributed by atoms with Crippen molar-refractivity contribution in [3.63, 3.8) is 0 Å². The Morgan fingerprint density at radius 2 is 0.806 bits per heavy atom. The minimum atomic E-state index is -1.86. The highest BCUT2D eigenvalue weighted by molar-refractivity contribution is 5.98. The topological polar surface area (TPSA) is 462 Å². The summed E-state index contributed by atoms with van der Waals surface area (Å²) in [5.74, 6) is -14.6. The second kappa shape index (κ2) is 28.9. The number of carbonyl (C=O) groups is 12. The number of carboxylic acid groups (broad SMARTS) is 4. The smallest absolute Gasteiger partial charge is 0.326 e. The third-order valence-corrected chi connectivity index (χ3v) is 8.82. The Labute approximate surface area is 355 Å². The van der Waals surface area contributed by atoms with Gasteiger partial charge in [-0.25, -0.2) is 4.79 Å². The number of amides is 8. The molecule has 0 aromatic carbocycles. The average molecular weight is 889 g/mol. The van der Waals surface area contributed by atoms with Crippen molar-refractivity contribution in [1.82, 2.24) is 31.9 Å². The predicted molar refractivity (Wildman–Crippen MR) is 212 cm³/mol. The van der Waals surface area contributed by atoms with E-state index in [4.69, 9.17) is 28.0 Å². The number of primary amides is 2. The molecule has 0 aliphatic rings. The van der Waals surface area contributed by atoms with Crippen molar-refractivity contribution in [2.24, 2.45) is 28.9 Å². The summed E-state index contributed by atoms with van der Waals surface area (Å²) in [6, 6.07) is -11.4. The number of carbonyl (C=O) groups excluding carboxylic acids is 8. The summed E-state index contributed by atoms with van der Waals surface area (Å²) in [7, 11) is 0. The molecule has 18 N–H and O–H groups in total. The van der Waals surface area contributed by atoms with E-state index >= 15 is 0 Å². The summed E-state index contributed by atoms with van der Waals surface area (Å²) >= 11 is 0. The van der Waals surface area contributed by atoms with Crippen LogP contribution < -0.4 is 54.8 Å². The fraction of sp³-hybridized carbons (Fsp3) is 0.667. The molecule has 8 amide bonds. The van der Waals surface area contributed by atoms with Gasteiger partial charge in [0.2, 0.25) is 47.3 Å². The van der Waals surface area contributed by atoms with Crippen molar-refractivity contribution in [2.45, 2.75) is 140 Å². The second-order valence-electron chi connectivity index (χ2n) is 14.7. The number of rotatable bonds is 33. The zero-order chi connectivity index (χ0) is 47.7. The molecular formula is C36H60N10O16. The third kappa shape index (κ3) is 24.0. The van der Waals surface area contributed by atoms with Crippen LogP contribution in [0.2, 0.25) is 0 Å². The van der Waals surface area contributed by atoms with Crippen molar-refractivity contribution in [1.29, 1.82) is 0 Å². The molecule has 0 spiro atoms. The summed E-state index contributed by atoms with van der Waals surface area (Å²) in [5, 5.41) is 50.6. The molecule has 0 bridgehead atoms. The Bertz CT molecular complexity index is 1630. The lowest BCUT2D eigenvalue weighted by Gasteiger charge is -2.27. The Morgan fingerprint density at radius 3 is 1.18 bits per heavy atom. The lowest BCUT2D eigenvalue weighted by Crippen LogP contribution is -2.60. The summed E-state index contributed by atoms with van der Waals surface area (Å²) in [4.78, 5) is 150. The fourth-order valence-corrected chi connectivity index (χ4v) is 5.54. The van der Waals surface area contributed by atoms with Gasteiger partial charge in [-0.2, -0.15) is 0 Å². The van der Waals surface area contributed by atoms with Crippen LogP contribution in [-0.2, 0) is 57.5 Å². The molecule has 0 aromatic heterocycles. The van der Waals surface area contributed by atoms with Crippen molar-refractivity contribution < 1.29 is 78.0 Å². The van der Waals surface area contributed by atoms with Crippen LogP contribution in [0.5, 0.6) is 0 Å². The fourth-order valence-electron chi connectivity index (χ4n) is 5.54. The third-order valence-electron chi connectivity index (χ3n) is 8.82. The van der Waals surface area contributed by atoms with Gasteiger partial charge in [0, 0.05) is 25.7 Å². The van der Waals surface area contributed by atoms with E-state index in [1.54, 1.807) is 13.8 Å². The summed E-state index contributed by atoms with van der Waals surface area (Å²) in [6.45, 7) is 3.55. The van der Waals surface area contributed by atoms with Gasteiger partial charge in [0.25, 0.3) is 0 Å². The molecule has 7 atom stereocenters. The van der Waals surface area contributed by atoms with Crippen LogP contribution in [0.25, 0.3) is 0 Å². The number of hydrogen-bond acceptors (Lipinski definition) is 14. The maximum Gasteiger partial charge on any atom is 0.326 e. The highest BCUT2D eigenvalue weighted by atomic mass is 16.4. The Balaban J connectivity index is 6.58. The molecule has 0 heterocycles. The normalized spacial score (nSPS) is 14.3. The quantitative estimate of drug-likeness (QED) is 0.0275. The number of unbranched alkanes of at least 4 members (excludes halogenated alkanes) is 1. The van der Waals surface area contributed by atoms with E-state index < -0.39 is 165 Å². The minimum Gasteiger partial charge on any atom is -0.481 e. The summed E-state index contributed by atoms with van der Waals surface area (Å²) in [6.07, 6.45) is -4.92. The van der Waals surface area contributed by atoms with E-state index in [1.807, 2.05) is 0 Å². The zero-order valence-corrected chi connectivity index (χ0v) is 34.5. The number of hydrogen-bond donors (Lipinski definition) is 14. The number of carboxylic acids is 4. The van der Waals surface area contributed by atoms with Gasteiger partial charge in [-0.1, -0.05) is 13.8 Å². The Kier molecular flexibility index (Phi) is 25.9. The molecule has 26 heteroatoms. The van der Waals surface area contributed by atoms with Crippen LogP contribution in [0.15, 0.2) is 0 Å². The lowest BCUT2D eigenvalue weighted by molar-refractivity contribution is -0.143. The van der Waals surface area contributed by atoms with Gasteiger partial charge in [-0.05, 0) is 63.8 Å². The Hall–Kier alpha value is -6.44. The van der Waals surface area contributed by atoms with E-state index in [2.05, 4.69) is 31.9 Å². The van der Waals surface area contributed by atoms with Gasteiger partial charge >= 0.3 is 23.9 Å². The van der Waals surface area contributed by atoms with Crippen molar-refractivity contribution in [3.05, 3.63) is 0 Å². The largest absolute Gasteiger partial charge is 0.481 e. The molecule has 350 valence electrons. The monoisotopic (exact) mass is 888 g/mol. The molecule has 0 aliphatic heterocycles. The van der Waals surface area contributed by atoms with Crippen LogP contribution >= 0.6 is 0 Å². The van der Waals surface area contributed by atoms with Crippen LogP contribution in [0.3, 0.4) is 0 Å². The first-order valence-electron chi connectivity index (χ1n) is 19.6. The Morgan fingerprint density at radius 1 is 0.452 bits per heavy atom. The molecule has 0 saturated heterocycles. The molecule has 0 saturated carbocycles. The maximum absolute atomic E-state index is 13.7. The van der Waals surface area contributed by atoms with Crippen LogP contribution in [0.4, 0.5) is 0 Å². The molecule has 26 nitrogen and oxygen atoms in total. The van der Waals surface area contributed by atoms with Crippen LogP contribution in [-0.4, -0.2) is 140 Å². The van der Waals surface area contributed by atoms with Gasteiger partial charge in [-0.15, -0.1) is 0 Å². The first-order chi connectivity index (χ1) is 28.9. The van der Waals surface area contributed by atoms with Gasteiger partial charge in [0.1, 0.15) is 36.3 Å². The zero-order valence-electron chi connectivity index (χ0n) is 34.5. The number of nitrogens with two attached hydrogens (primary N) is 4. The number of aliphatic carboxylic acids is 4. The van der Waals surface area contributed by atoms with Crippen molar-refractivity contribution in [3.8, 4) is 0 Å². The maximum atomic E-state index is 13.7. The van der Waals surface area contributed by atoms with Gasteiger partial charge in [-0.3, -0.25) is 52.7 Å². The molecule has 0 unspecified atom stereocenters. The average Bonchev–Trinajstić information content (AvgIpc) is 3.16. The first-order valence-corrected chi connectivity index (χ1v) is 19.6.